The van der Waals surface area contributed by atoms with Crippen LogP contribution in [0.3, 0.4) is 0 Å². The van der Waals surface area contributed by atoms with Gasteiger partial charge in [-0.25, -0.2) is 9.67 Å². The van der Waals surface area contributed by atoms with Gasteiger partial charge in [0.2, 0.25) is 0 Å². The summed E-state index contributed by atoms with van der Waals surface area (Å²) in [5.41, 5.74) is 1.98. The van der Waals surface area contributed by atoms with E-state index in [1.807, 2.05) is 18.2 Å². The molecule has 0 spiro atoms. The Balaban J connectivity index is 1.71. The monoisotopic (exact) mass is 340 g/mol. The summed E-state index contributed by atoms with van der Waals surface area (Å²) in [6.45, 7) is 0.952. The maximum absolute atomic E-state index is 11.2. The Morgan fingerprint density at radius 1 is 1.40 bits per heavy atom. The molecule has 1 saturated heterocycles. The van der Waals surface area contributed by atoms with Crippen LogP contribution in [0.5, 0.6) is 0 Å². The van der Waals surface area contributed by atoms with Gasteiger partial charge in [-0.05, 0) is 24.6 Å². The van der Waals surface area contributed by atoms with Gasteiger partial charge in [0.15, 0.2) is 11.6 Å². The van der Waals surface area contributed by atoms with Gasteiger partial charge < -0.3 is 9.84 Å². The molecule has 3 aromatic heterocycles. The van der Waals surface area contributed by atoms with E-state index < -0.39 is 5.97 Å². The van der Waals surface area contributed by atoms with E-state index in [0.29, 0.717) is 36.3 Å². The lowest BCUT2D eigenvalue weighted by atomic mass is 10.1. The standard InChI is InChI=1S/C16H16N6O3/c23-14(24)8-22-16(18-15(21-22)10-4-6-25-9-10)13-7-12(19-20-13)11-3-1-2-5-17-11/h1-3,5,7,10H,4,6,8-9H2,(H,19,20)(H,23,24)/t10-/m1/s1. The van der Waals surface area contributed by atoms with Crippen molar-refractivity contribution in [2.75, 3.05) is 13.2 Å². The van der Waals surface area contributed by atoms with Crippen molar-refractivity contribution in [2.24, 2.45) is 0 Å². The van der Waals surface area contributed by atoms with Crippen LogP contribution in [-0.2, 0) is 16.1 Å². The number of carbonyl (C=O) groups is 1. The summed E-state index contributed by atoms with van der Waals surface area (Å²) in [5, 5.41) is 20.7. The van der Waals surface area contributed by atoms with Crippen molar-refractivity contribution < 1.29 is 14.6 Å². The molecule has 0 aliphatic carbocycles. The topological polar surface area (TPSA) is 119 Å². The molecule has 0 amide bonds. The number of hydrogen-bond donors (Lipinski definition) is 2. The summed E-state index contributed by atoms with van der Waals surface area (Å²) in [6, 6.07) is 7.35. The summed E-state index contributed by atoms with van der Waals surface area (Å²) in [4.78, 5) is 20.0. The third-order valence-electron chi connectivity index (χ3n) is 4.01. The Morgan fingerprint density at radius 3 is 3.04 bits per heavy atom. The van der Waals surface area contributed by atoms with Crippen LogP contribution in [0, 0.1) is 0 Å². The number of nitrogens with one attached hydrogen (secondary N) is 1. The fourth-order valence-electron chi connectivity index (χ4n) is 2.79. The quantitative estimate of drug-likeness (QED) is 0.719. The second-order valence-corrected chi connectivity index (χ2v) is 5.79. The Morgan fingerprint density at radius 2 is 2.32 bits per heavy atom. The van der Waals surface area contributed by atoms with E-state index in [1.165, 1.54) is 4.68 Å². The molecule has 4 rings (SSSR count). The van der Waals surface area contributed by atoms with Gasteiger partial charge >= 0.3 is 5.97 Å². The highest BCUT2D eigenvalue weighted by Crippen LogP contribution is 2.26. The molecule has 0 aromatic carbocycles. The van der Waals surface area contributed by atoms with E-state index in [4.69, 9.17) is 9.84 Å². The van der Waals surface area contributed by atoms with Crippen LogP contribution in [0.15, 0.2) is 30.5 Å². The van der Waals surface area contributed by atoms with E-state index in [-0.39, 0.29) is 12.5 Å². The molecular formula is C16H16N6O3. The van der Waals surface area contributed by atoms with Crippen LogP contribution >= 0.6 is 0 Å². The van der Waals surface area contributed by atoms with Gasteiger partial charge in [-0.15, -0.1) is 0 Å². The first-order valence-electron chi connectivity index (χ1n) is 7.92. The number of H-pyrrole nitrogens is 1. The molecule has 25 heavy (non-hydrogen) atoms. The predicted molar refractivity (Wildman–Crippen MR) is 86.6 cm³/mol. The first-order valence-corrected chi connectivity index (χ1v) is 7.92. The van der Waals surface area contributed by atoms with Gasteiger partial charge in [0.1, 0.15) is 17.9 Å². The SMILES string of the molecule is O=C(O)Cn1nc([C@@H]2CCOC2)nc1-c1cc(-c2ccccn2)n[nH]1. The Labute approximate surface area is 142 Å². The molecule has 1 atom stereocenters. The van der Waals surface area contributed by atoms with Gasteiger partial charge in [0.05, 0.1) is 12.3 Å². The van der Waals surface area contributed by atoms with Crippen LogP contribution in [0.4, 0.5) is 0 Å². The minimum atomic E-state index is -0.982. The second kappa shape index (κ2) is 6.44. The number of pyridine rings is 1. The molecule has 9 nitrogen and oxygen atoms in total. The number of aromatic amines is 1. The van der Waals surface area contributed by atoms with E-state index in [2.05, 4.69) is 25.3 Å². The zero-order chi connectivity index (χ0) is 17.2. The number of aromatic nitrogens is 6. The third-order valence-corrected chi connectivity index (χ3v) is 4.01. The number of carboxylic acids is 1. The van der Waals surface area contributed by atoms with Gasteiger partial charge in [0, 0.05) is 18.7 Å². The first-order chi connectivity index (χ1) is 12.2. The van der Waals surface area contributed by atoms with Crippen LogP contribution < -0.4 is 0 Å². The maximum Gasteiger partial charge on any atom is 0.325 e. The van der Waals surface area contributed by atoms with E-state index in [9.17, 15) is 4.79 Å². The van der Waals surface area contributed by atoms with E-state index in [0.717, 1.165) is 12.1 Å². The highest BCUT2D eigenvalue weighted by atomic mass is 16.5. The van der Waals surface area contributed by atoms with Crippen molar-refractivity contribution in [3.8, 4) is 22.9 Å². The van der Waals surface area contributed by atoms with Gasteiger partial charge in [0.25, 0.3) is 0 Å². The molecule has 4 heterocycles. The molecule has 3 aromatic rings. The van der Waals surface area contributed by atoms with Gasteiger partial charge in [-0.2, -0.15) is 10.2 Å². The van der Waals surface area contributed by atoms with Crippen molar-refractivity contribution in [1.29, 1.82) is 0 Å². The number of hydrogen-bond acceptors (Lipinski definition) is 6. The number of carboxylic acid groups (broad SMARTS) is 1. The lowest BCUT2D eigenvalue weighted by Crippen LogP contribution is -2.12. The average Bonchev–Trinajstić information content (AvgIpc) is 3.35. The highest BCUT2D eigenvalue weighted by Gasteiger charge is 2.25. The fraction of sp³-hybridized carbons (Fsp3) is 0.312. The molecule has 128 valence electrons. The van der Waals surface area contributed by atoms with Gasteiger partial charge in [-0.1, -0.05) is 6.07 Å². The number of aliphatic carboxylic acids is 1. The van der Waals surface area contributed by atoms with Gasteiger partial charge in [-0.3, -0.25) is 14.9 Å². The second-order valence-electron chi connectivity index (χ2n) is 5.79. The molecule has 1 fully saturated rings. The van der Waals surface area contributed by atoms with Crippen molar-refractivity contribution in [3.05, 3.63) is 36.3 Å². The average molecular weight is 340 g/mol. The fourth-order valence-corrected chi connectivity index (χ4v) is 2.79. The lowest BCUT2D eigenvalue weighted by molar-refractivity contribution is -0.137. The molecule has 1 aliphatic rings. The van der Waals surface area contributed by atoms with Crippen molar-refractivity contribution in [1.82, 2.24) is 29.9 Å². The summed E-state index contributed by atoms with van der Waals surface area (Å²) < 4.78 is 6.76. The molecule has 0 unspecified atom stereocenters. The van der Waals surface area contributed by atoms with Crippen molar-refractivity contribution >= 4 is 5.97 Å². The minimum absolute atomic E-state index is 0.0898. The smallest absolute Gasteiger partial charge is 0.325 e. The predicted octanol–water partition coefficient (Wildman–Crippen LogP) is 1.32. The van der Waals surface area contributed by atoms with Crippen LogP contribution in [0.1, 0.15) is 18.2 Å². The largest absolute Gasteiger partial charge is 0.480 e. The maximum atomic E-state index is 11.2. The molecule has 0 bridgehead atoms. The minimum Gasteiger partial charge on any atom is -0.480 e. The Kier molecular flexibility index (Phi) is 3.98. The zero-order valence-electron chi connectivity index (χ0n) is 13.3. The molecule has 9 heteroatoms. The van der Waals surface area contributed by atoms with Crippen molar-refractivity contribution in [3.63, 3.8) is 0 Å². The third kappa shape index (κ3) is 3.13. The zero-order valence-corrected chi connectivity index (χ0v) is 13.3. The summed E-state index contributed by atoms with van der Waals surface area (Å²) >= 11 is 0. The summed E-state index contributed by atoms with van der Waals surface area (Å²) in [7, 11) is 0. The van der Waals surface area contributed by atoms with E-state index in [1.54, 1.807) is 12.3 Å². The molecule has 2 N–H and O–H groups in total. The number of nitrogens with zero attached hydrogens (tertiary/aromatic N) is 5. The summed E-state index contributed by atoms with van der Waals surface area (Å²) in [5.74, 6) is 0.151. The molecular weight excluding hydrogens is 324 g/mol. The normalized spacial score (nSPS) is 17.0. The lowest BCUT2D eigenvalue weighted by Gasteiger charge is -2.00. The molecule has 1 aliphatic heterocycles. The van der Waals surface area contributed by atoms with E-state index >= 15 is 0 Å². The summed E-state index contributed by atoms with van der Waals surface area (Å²) in [6.07, 6.45) is 2.52. The number of rotatable bonds is 5. The number of ether oxygens (including phenoxy) is 1. The van der Waals surface area contributed by atoms with Crippen LogP contribution in [-0.4, -0.2) is 54.2 Å². The van der Waals surface area contributed by atoms with Crippen molar-refractivity contribution in [2.45, 2.75) is 18.9 Å². The Bertz CT molecular complexity index is 882. The van der Waals surface area contributed by atoms with Crippen LogP contribution in [0.25, 0.3) is 22.9 Å². The van der Waals surface area contributed by atoms with Crippen LogP contribution in [0.2, 0.25) is 0 Å². The molecule has 0 saturated carbocycles. The first kappa shape index (κ1) is 15.5. The Hall–Kier alpha value is -3.07. The highest BCUT2D eigenvalue weighted by molar-refractivity contribution is 5.68. The molecule has 0 radical (unpaired) electrons.